The van der Waals surface area contributed by atoms with E-state index in [2.05, 4.69) is 9.97 Å². The maximum atomic E-state index is 10.7. The van der Waals surface area contributed by atoms with Crippen LogP contribution >= 0.6 is 11.6 Å². The molecule has 3 aromatic rings. The van der Waals surface area contributed by atoms with E-state index in [0.717, 1.165) is 5.39 Å². The van der Waals surface area contributed by atoms with E-state index in [0.29, 0.717) is 34.4 Å². The summed E-state index contributed by atoms with van der Waals surface area (Å²) in [5, 5.41) is 12.1. The first-order valence-corrected chi connectivity index (χ1v) is 7.31. The first-order chi connectivity index (χ1) is 11.1. The van der Waals surface area contributed by atoms with Gasteiger partial charge in [-0.2, -0.15) is 4.98 Å². The molecule has 0 fully saturated rings. The van der Waals surface area contributed by atoms with Gasteiger partial charge in [-0.05, 0) is 37.3 Å². The fraction of sp³-hybridized carbons (Fsp3) is 0.125. The van der Waals surface area contributed by atoms with Crippen molar-refractivity contribution in [2.45, 2.75) is 6.92 Å². The van der Waals surface area contributed by atoms with Gasteiger partial charge in [0.15, 0.2) is 5.82 Å². The maximum absolute atomic E-state index is 10.7. The molecule has 6 nitrogen and oxygen atoms in total. The highest BCUT2D eigenvalue weighted by molar-refractivity contribution is 6.31. The third kappa shape index (κ3) is 3.07. The number of non-ortho nitro benzene ring substituents is 1. The van der Waals surface area contributed by atoms with E-state index in [4.69, 9.17) is 16.3 Å². The Hall–Kier alpha value is -2.73. The van der Waals surface area contributed by atoms with Crippen molar-refractivity contribution in [2.75, 3.05) is 6.61 Å². The lowest BCUT2D eigenvalue weighted by atomic mass is 10.1. The second-order valence-electron chi connectivity index (χ2n) is 4.75. The Morgan fingerprint density at radius 3 is 2.57 bits per heavy atom. The van der Waals surface area contributed by atoms with Crippen molar-refractivity contribution >= 4 is 28.2 Å². The van der Waals surface area contributed by atoms with Crippen LogP contribution in [0, 0.1) is 10.1 Å². The van der Waals surface area contributed by atoms with Crippen LogP contribution in [-0.2, 0) is 0 Å². The van der Waals surface area contributed by atoms with Crippen LogP contribution in [0.4, 0.5) is 5.69 Å². The first kappa shape index (κ1) is 15.2. The third-order valence-corrected chi connectivity index (χ3v) is 3.48. The number of fused-ring (bicyclic) bond motifs is 1. The normalized spacial score (nSPS) is 10.7. The van der Waals surface area contributed by atoms with Crippen molar-refractivity contribution in [2.24, 2.45) is 0 Å². The molecule has 0 saturated heterocycles. The summed E-state index contributed by atoms with van der Waals surface area (Å²) in [6, 6.07) is 11.3. The van der Waals surface area contributed by atoms with Crippen LogP contribution in [0.2, 0.25) is 5.02 Å². The minimum atomic E-state index is -0.448. The largest absolute Gasteiger partial charge is 0.477 e. The molecule has 3 rings (SSSR count). The van der Waals surface area contributed by atoms with Crippen LogP contribution in [0.3, 0.4) is 0 Å². The molecular formula is C16H12ClN3O3. The fourth-order valence-electron chi connectivity index (χ4n) is 2.18. The molecule has 0 aliphatic rings. The Labute approximate surface area is 136 Å². The zero-order valence-corrected chi connectivity index (χ0v) is 12.9. The second kappa shape index (κ2) is 6.18. The monoisotopic (exact) mass is 329 g/mol. The van der Waals surface area contributed by atoms with Gasteiger partial charge in [0.1, 0.15) is 0 Å². The standard InChI is InChI=1S/C16H12ClN3O3/c1-2-23-16-13-8-5-11(17)9-14(13)18-15(19-16)10-3-6-12(7-4-10)20(21)22/h3-9H,2H2,1H3. The number of aromatic nitrogens is 2. The van der Waals surface area contributed by atoms with Crippen LogP contribution in [0.5, 0.6) is 5.88 Å². The molecule has 7 heteroatoms. The summed E-state index contributed by atoms with van der Waals surface area (Å²) >= 11 is 6.03. The van der Waals surface area contributed by atoms with Crippen LogP contribution < -0.4 is 4.74 Å². The highest BCUT2D eigenvalue weighted by atomic mass is 35.5. The molecular weight excluding hydrogens is 318 g/mol. The number of nitro benzene ring substituents is 1. The van der Waals surface area contributed by atoms with Gasteiger partial charge in [0.05, 0.1) is 22.4 Å². The topological polar surface area (TPSA) is 78.2 Å². The van der Waals surface area contributed by atoms with Crippen molar-refractivity contribution < 1.29 is 9.66 Å². The number of halogens is 1. The quantitative estimate of drug-likeness (QED) is 0.528. The SMILES string of the molecule is CCOc1nc(-c2ccc([N+](=O)[O-])cc2)nc2cc(Cl)ccc12. The van der Waals surface area contributed by atoms with E-state index in [1.165, 1.54) is 12.1 Å². The van der Waals surface area contributed by atoms with E-state index >= 15 is 0 Å². The molecule has 0 atom stereocenters. The predicted molar refractivity (Wildman–Crippen MR) is 87.8 cm³/mol. The number of hydrogen-bond donors (Lipinski definition) is 0. The summed E-state index contributed by atoms with van der Waals surface area (Å²) in [4.78, 5) is 19.2. The summed E-state index contributed by atoms with van der Waals surface area (Å²) in [5.41, 5.74) is 1.34. The number of rotatable bonds is 4. The third-order valence-electron chi connectivity index (χ3n) is 3.24. The van der Waals surface area contributed by atoms with Crippen molar-refractivity contribution in [3.63, 3.8) is 0 Å². The average Bonchev–Trinajstić information content (AvgIpc) is 2.54. The average molecular weight is 330 g/mol. The zero-order valence-electron chi connectivity index (χ0n) is 12.2. The highest BCUT2D eigenvalue weighted by Gasteiger charge is 2.12. The number of hydrogen-bond acceptors (Lipinski definition) is 5. The first-order valence-electron chi connectivity index (χ1n) is 6.93. The molecule has 0 unspecified atom stereocenters. The fourth-order valence-corrected chi connectivity index (χ4v) is 2.35. The van der Waals surface area contributed by atoms with E-state index in [1.807, 2.05) is 13.0 Å². The van der Waals surface area contributed by atoms with Crippen molar-refractivity contribution in [3.8, 4) is 17.3 Å². The lowest BCUT2D eigenvalue weighted by Gasteiger charge is -2.09. The molecule has 0 spiro atoms. The van der Waals surface area contributed by atoms with Crippen molar-refractivity contribution in [1.82, 2.24) is 9.97 Å². The zero-order chi connectivity index (χ0) is 16.4. The van der Waals surface area contributed by atoms with Crippen molar-refractivity contribution in [3.05, 3.63) is 57.6 Å². The maximum Gasteiger partial charge on any atom is 0.269 e. The minimum Gasteiger partial charge on any atom is -0.477 e. The van der Waals surface area contributed by atoms with Gasteiger partial charge in [0.2, 0.25) is 5.88 Å². The molecule has 0 aliphatic heterocycles. The van der Waals surface area contributed by atoms with Gasteiger partial charge in [-0.15, -0.1) is 0 Å². The lowest BCUT2D eigenvalue weighted by Crippen LogP contribution is -1.99. The molecule has 2 aromatic carbocycles. The molecule has 0 bridgehead atoms. The molecule has 0 amide bonds. The van der Waals surface area contributed by atoms with Gasteiger partial charge < -0.3 is 4.74 Å². The summed E-state index contributed by atoms with van der Waals surface area (Å²) in [7, 11) is 0. The molecule has 0 radical (unpaired) electrons. The summed E-state index contributed by atoms with van der Waals surface area (Å²) in [5.74, 6) is 0.889. The molecule has 0 aliphatic carbocycles. The Kier molecular flexibility index (Phi) is 4.08. The van der Waals surface area contributed by atoms with Gasteiger partial charge in [-0.3, -0.25) is 10.1 Å². The predicted octanol–water partition coefficient (Wildman–Crippen LogP) is 4.26. The second-order valence-corrected chi connectivity index (χ2v) is 5.19. The van der Waals surface area contributed by atoms with Crippen LogP contribution in [0.15, 0.2) is 42.5 Å². The smallest absolute Gasteiger partial charge is 0.269 e. The number of ether oxygens (including phenoxy) is 1. The van der Waals surface area contributed by atoms with E-state index in [-0.39, 0.29) is 5.69 Å². The lowest BCUT2D eigenvalue weighted by molar-refractivity contribution is -0.384. The van der Waals surface area contributed by atoms with E-state index in [9.17, 15) is 10.1 Å². The molecule has 23 heavy (non-hydrogen) atoms. The summed E-state index contributed by atoms with van der Waals surface area (Å²) < 4.78 is 5.58. The van der Waals surface area contributed by atoms with Crippen LogP contribution in [-0.4, -0.2) is 21.5 Å². The molecule has 0 N–H and O–H groups in total. The molecule has 1 aromatic heterocycles. The Bertz CT molecular complexity index is 882. The molecule has 116 valence electrons. The molecule has 0 saturated carbocycles. The van der Waals surface area contributed by atoms with Gasteiger partial charge in [0, 0.05) is 22.7 Å². The van der Waals surface area contributed by atoms with Crippen molar-refractivity contribution in [1.29, 1.82) is 0 Å². The minimum absolute atomic E-state index is 0.0163. The van der Waals surface area contributed by atoms with Gasteiger partial charge in [-0.25, -0.2) is 4.98 Å². The number of benzene rings is 2. The Morgan fingerprint density at radius 1 is 1.17 bits per heavy atom. The number of nitro groups is 1. The van der Waals surface area contributed by atoms with E-state index in [1.54, 1.807) is 24.3 Å². The Balaban J connectivity index is 2.14. The van der Waals surface area contributed by atoms with Gasteiger partial charge in [-0.1, -0.05) is 11.6 Å². The summed E-state index contributed by atoms with van der Waals surface area (Å²) in [6.07, 6.45) is 0. The highest BCUT2D eigenvalue weighted by Crippen LogP contribution is 2.29. The van der Waals surface area contributed by atoms with Gasteiger partial charge in [0.25, 0.3) is 5.69 Å². The Morgan fingerprint density at radius 2 is 1.91 bits per heavy atom. The number of nitrogens with zero attached hydrogens (tertiary/aromatic N) is 3. The van der Waals surface area contributed by atoms with Crippen LogP contribution in [0.25, 0.3) is 22.3 Å². The molecule has 1 heterocycles. The van der Waals surface area contributed by atoms with Crippen LogP contribution in [0.1, 0.15) is 6.92 Å². The van der Waals surface area contributed by atoms with E-state index < -0.39 is 4.92 Å². The van der Waals surface area contributed by atoms with Gasteiger partial charge >= 0.3 is 0 Å². The summed E-state index contributed by atoms with van der Waals surface area (Å²) in [6.45, 7) is 2.34.